The Morgan fingerprint density at radius 2 is 1.26 bits per heavy atom. The zero-order valence-corrected chi connectivity index (χ0v) is 16.9. The molecule has 31 heavy (non-hydrogen) atoms. The Morgan fingerprint density at radius 3 is 1.68 bits per heavy atom. The van der Waals surface area contributed by atoms with Crippen LogP contribution in [0.15, 0.2) is 84.6 Å². The molecule has 0 aliphatic carbocycles. The van der Waals surface area contributed by atoms with Crippen molar-refractivity contribution in [2.75, 3.05) is 0 Å². The van der Waals surface area contributed by atoms with E-state index in [1.165, 1.54) is 12.1 Å². The Labute approximate surface area is 180 Å². The van der Waals surface area contributed by atoms with Crippen molar-refractivity contribution in [1.82, 2.24) is 0 Å². The lowest BCUT2D eigenvalue weighted by Crippen LogP contribution is -2.06. The lowest BCUT2D eigenvalue weighted by Gasteiger charge is -2.16. The Bertz CT molecular complexity index is 1020. The predicted molar refractivity (Wildman–Crippen MR) is 115 cm³/mol. The number of hydrogen-bond acceptors (Lipinski definition) is 5. The van der Waals surface area contributed by atoms with Crippen LogP contribution in [-0.2, 0) is 18.0 Å². The van der Waals surface area contributed by atoms with Gasteiger partial charge in [0.25, 0.3) is 0 Å². The molecular weight excluding hydrogens is 396 g/mol. The van der Waals surface area contributed by atoms with E-state index in [0.29, 0.717) is 23.1 Å². The minimum Gasteiger partial charge on any atom is -0.502 e. The summed E-state index contributed by atoms with van der Waals surface area (Å²) in [7, 11) is 0. The first-order chi connectivity index (χ1) is 14.9. The van der Waals surface area contributed by atoms with E-state index in [9.17, 15) is 14.7 Å². The largest absolute Gasteiger partial charge is 0.502 e. The molecule has 3 aromatic rings. The highest BCUT2D eigenvalue weighted by Gasteiger charge is 2.16. The van der Waals surface area contributed by atoms with Crippen LogP contribution < -0.4 is 9.47 Å². The predicted octanol–water partition coefficient (Wildman–Crippen LogP) is 4.86. The average molecular weight is 418 g/mol. The summed E-state index contributed by atoms with van der Waals surface area (Å²) in [5, 5.41) is 18.3. The maximum Gasteiger partial charge on any atom is 0.371 e. The van der Waals surface area contributed by atoms with Crippen LogP contribution in [0.3, 0.4) is 0 Å². The Balaban J connectivity index is 1.90. The third-order valence-electron chi connectivity index (χ3n) is 4.56. The van der Waals surface area contributed by atoms with E-state index in [0.717, 1.165) is 11.1 Å². The number of ketones is 1. The van der Waals surface area contributed by atoms with Crippen LogP contribution in [0.5, 0.6) is 11.5 Å². The minimum absolute atomic E-state index is 0.143. The molecule has 0 radical (unpaired) electrons. The fourth-order valence-corrected chi connectivity index (χ4v) is 2.84. The summed E-state index contributed by atoms with van der Waals surface area (Å²) in [6, 6.07) is 22.1. The summed E-state index contributed by atoms with van der Waals surface area (Å²) in [5.41, 5.74) is 2.75. The van der Waals surface area contributed by atoms with Crippen molar-refractivity contribution in [3.8, 4) is 11.5 Å². The fourth-order valence-electron chi connectivity index (χ4n) is 2.84. The number of aliphatic hydroxyl groups is 1. The van der Waals surface area contributed by atoms with Crippen molar-refractivity contribution in [3.63, 3.8) is 0 Å². The van der Waals surface area contributed by atoms with Gasteiger partial charge in [0.1, 0.15) is 24.7 Å². The third-order valence-corrected chi connectivity index (χ3v) is 4.56. The molecule has 0 spiro atoms. The molecule has 3 aromatic carbocycles. The molecule has 0 heterocycles. The zero-order valence-electron chi connectivity index (χ0n) is 16.9. The Hall–Kier alpha value is -4.06. The number of ether oxygens (including phenoxy) is 2. The molecular formula is C25H22O6. The summed E-state index contributed by atoms with van der Waals surface area (Å²) in [6.45, 7) is 2.39. The van der Waals surface area contributed by atoms with Gasteiger partial charge in [-0.2, -0.15) is 0 Å². The fraction of sp³-hybridized carbons (Fsp3) is 0.120. The number of carbonyl (C=O) groups is 2. The quantitative estimate of drug-likeness (QED) is 0.293. The van der Waals surface area contributed by atoms with E-state index in [1.807, 2.05) is 67.6 Å². The van der Waals surface area contributed by atoms with Crippen LogP contribution in [-0.4, -0.2) is 22.0 Å². The minimum atomic E-state index is -1.58. The molecule has 6 nitrogen and oxygen atoms in total. The molecule has 3 rings (SSSR count). The smallest absolute Gasteiger partial charge is 0.371 e. The van der Waals surface area contributed by atoms with Gasteiger partial charge in [-0.1, -0.05) is 60.7 Å². The van der Waals surface area contributed by atoms with E-state index in [1.54, 1.807) is 0 Å². The molecule has 0 saturated heterocycles. The van der Waals surface area contributed by atoms with Crippen molar-refractivity contribution < 1.29 is 29.3 Å². The molecule has 0 aliphatic rings. The molecule has 0 fully saturated rings. The number of benzene rings is 3. The molecule has 0 amide bonds. The van der Waals surface area contributed by atoms with Crippen molar-refractivity contribution >= 4 is 11.8 Å². The number of carboxylic acids is 1. The van der Waals surface area contributed by atoms with Crippen LogP contribution in [0, 0.1) is 6.92 Å². The number of aliphatic carboxylic acids is 1. The van der Waals surface area contributed by atoms with E-state index in [4.69, 9.17) is 14.6 Å². The van der Waals surface area contributed by atoms with Crippen LogP contribution in [0.25, 0.3) is 0 Å². The van der Waals surface area contributed by atoms with E-state index >= 15 is 0 Å². The first kappa shape index (κ1) is 21.6. The lowest BCUT2D eigenvalue weighted by atomic mass is 10.1. The highest BCUT2D eigenvalue weighted by Crippen LogP contribution is 2.31. The van der Waals surface area contributed by atoms with Gasteiger partial charge in [-0.25, -0.2) is 4.79 Å². The number of aliphatic hydroxyl groups excluding tert-OH is 1. The second-order valence-corrected chi connectivity index (χ2v) is 6.85. The van der Waals surface area contributed by atoms with Crippen molar-refractivity contribution in [1.29, 1.82) is 0 Å². The molecule has 0 atom stereocenters. The van der Waals surface area contributed by atoms with Gasteiger partial charge < -0.3 is 19.7 Å². The highest BCUT2D eigenvalue weighted by molar-refractivity contribution is 6.08. The third kappa shape index (κ3) is 5.96. The van der Waals surface area contributed by atoms with Crippen LogP contribution >= 0.6 is 0 Å². The van der Waals surface area contributed by atoms with Gasteiger partial charge in [0.15, 0.2) is 5.78 Å². The molecule has 0 aliphatic heterocycles. The number of rotatable bonds is 9. The van der Waals surface area contributed by atoms with E-state index in [-0.39, 0.29) is 18.8 Å². The van der Waals surface area contributed by atoms with Gasteiger partial charge in [-0.05, 0) is 30.2 Å². The maximum absolute atomic E-state index is 12.5. The van der Waals surface area contributed by atoms with Gasteiger partial charge in [0.2, 0.25) is 5.76 Å². The van der Waals surface area contributed by atoms with Crippen molar-refractivity contribution in [3.05, 3.63) is 107 Å². The van der Waals surface area contributed by atoms with Gasteiger partial charge >= 0.3 is 5.97 Å². The second kappa shape index (κ2) is 10.1. The first-order valence-electron chi connectivity index (χ1n) is 9.60. The van der Waals surface area contributed by atoms with Crippen molar-refractivity contribution in [2.45, 2.75) is 20.1 Å². The molecule has 0 aromatic heterocycles. The standard InChI is InChI=1S/C25H22O6/c1-17-23(30-15-18-8-4-2-5-9-18)12-20(21(26)14-22(27)25(28)29)13-24(17)31-16-19-10-6-3-7-11-19/h2-14,27H,15-16H2,1H3,(H,28,29)/b22-14-. The van der Waals surface area contributed by atoms with Gasteiger partial charge in [0.05, 0.1) is 0 Å². The summed E-state index contributed by atoms with van der Waals surface area (Å²) in [4.78, 5) is 23.4. The Kier molecular flexibility index (Phi) is 7.06. The molecule has 6 heteroatoms. The normalized spacial score (nSPS) is 11.1. The number of allylic oxidation sites excluding steroid dienone is 1. The highest BCUT2D eigenvalue weighted by atomic mass is 16.5. The number of carbonyl (C=O) groups excluding carboxylic acids is 1. The van der Waals surface area contributed by atoms with Crippen molar-refractivity contribution in [2.24, 2.45) is 0 Å². The molecule has 0 saturated carbocycles. The lowest BCUT2D eigenvalue weighted by molar-refractivity contribution is -0.135. The van der Waals surface area contributed by atoms with E-state index in [2.05, 4.69) is 0 Å². The van der Waals surface area contributed by atoms with E-state index < -0.39 is 17.5 Å². The Morgan fingerprint density at radius 1 is 0.806 bits per heavy atom. The second-order valence-electron chi connectivity index (χ2n) is 6.85. The number of carboxylic acid groups (broad SMARTS) is 1. The molecule has 0 bridgehead atoms. The summed E-state index contributed by atoms with van der Waals surface area (Å²) >= 11 is 0. The first-order valence-corrected chi connectivity index (χ1v) is 9.60. The average Bonchev–Trinajstić information content (AvgIpc) is 2.78. The summed E-state index contributed by atoms with van der Waals surface area (Å²) in [6.07, 6.45) is 0.662. The summed E-state index contributed by atoms with van der Waals surface area (Å²) in [5.74, 6) is -2.43. The van der Waals surface area contributed by atoms with Crippen LogP contribution in [0.2, 0.25) is 0 Å². The SMILES string of the molecule is Cc1c(OCc2ccccc2)cc(C(=O)/C=C(\O)C(=O)O)cc1OCc1ccccc1. The van der Waals surface area contributed by atoms with Crippen LogP contribution in [0.1, 0.15) is 27.0 Å². The molecule has 2 N–H and O–H groups in total. The zero-order chi connectivity index (χ0) is 22.2. The summed E-state index contributed by atoms with van der Waals surface area (Å²) < 4.78 is 11.9. The molecule has 0 unspecified atom stereocenters. The van der Waals surface area contributed by atoms with Crippen LogP contribution in [0.4, 0.5) is 0 Å². The molecule has 158 valence electrons. The van der Waals surface area contributed by atoms with Gasteiger partial charge in [-0.15, -0.1) is 0 Å². The van der Waals surface area contributed by atoms with Gasteiger partial charge in [0, 0.05) is 17.2 Å². The van der Waals surface area contributed by atoms with Gasteiger partial charge in [-0.3, -0.25) is 4.79 Å². The topological polar surface area (TPSA) is 93.1 Å². The number of hydrogen-bond donors (Lipinski definition) is 2. The monoisotopic (exact) mass is 418 g/mol. The maximum atomic E-state index is 12.5.